The van der Waals surface area contributed by atoms with Crippen LogP contribution in [-0.2, 0) is 0 Å². The Hall–Kier alpha value is -1.87. The van der Waals surface area contributed by atoms with E-state index < -0.39 is 0 Å². The summed E-state index contributed by atoms with van der Waals surface area (Å²) in [6.45, 7) is 5.82. The molecular formula is C19H20O2S. The maximum atomic E-state index is 12.2. The zero-order valence-corrected chi connectivity index (χ0v) is 13.9. The Bertz CT molecular complexity index is 655. The number of benzene rings is 2. The average Bonchev–Trinajstić information content (AvgIpc) is 2.53. The molecule has 22 heavy (non-hydrogen) atoms. The third kappa shape index (κ3) is 4.31. The van der Waals surface area contributed by atoms with Crippen molar-refractivity contribution in [2.45, 2.75) is 31.6 Å². The Balaban J connectivity index is 1.96. The van der Waals surface area contributed by atoms with Crippen LogP contribution in [-0.4, -0.2) is 17.3 Å². The third-order valence-corrected chi connectivity index (χ3v) is 4.54. The van der Waals surface area contributed by atoms with Gasteiger partial charge in [-0.3, -0.25) is 9.59 Å². The van der Waals surface area contributed by atoms with E-state index in [9.17, 15) is 9.59 Å². The van der Waals surface area contributed by atoms with E-state index in [1.165, 1.54) is 17.3 Å². The van der Waals surface area contributed by atoms with Crippen LogP contribution in [0.5, 0.6) is 0 Å². The molecule has 0 aliphatic carbocycles. The number of carbonyl (C=O) groups is 2. The van der Waals surface area contributed by atoms with Crippen LogP contribution in [0.4, 0.5) is 0 Å². The predicted octanol–water partition coefficient (Wildman–Crippen LogP) is 4.99. The second-order valence-corrected chi connectivity index (χ2v) is 6.62. The molecule has 0 saturated heterocycles. The van der Waals surface area contributed by atoms with E-state index in [-0.39, 0.29) is 11.6 Å². The van der Waals surface area contributed by atoms with Crippen molar-refractivity contribution in [3.8, 4) is 0 Å². The summed E-state index contributed by atoms with van der Waals surface area (Å²) in [5, 5.41) is 0. The first-order valence-electron chi connectivity index (χ1n) is 7.34. The van der Waals surface area contributed by atoms with Gasteiger partial charge in [-0.05, 0) is 30.5 Å². The van der Waals surface area contributed by atoms with Gasteiger partial charge in [-0.2, -0.15) is 0 Å². The smallest absolute Gasteiger partial charge is 0.173 e. The van der Waals surface area contributed by atoms with Crippen molar-refractivity contribution < 1.29 is 9.59 Å². The molecule has 0 bridgehead atoms. The molecule has 0 spiro atoms. The maximum Gasteiger partial charge on any atom is 0.173 e. The molecule has 0 aliphatic rings. The molecule has 0 fully saturated rings. The lowest BCUT2D eigenvalue weighted by Gasteiger charge is -2.06. The van der Waals surface area contributed by atoms with Crippen LogP contribution in [0.2, 0.25) is 0 Å². The van der Waals surface area contributed by atoms with Crippen molar-refractivity contribution >= 4 is 23.3 Å². The first kappa shape index (κ1) is 16.5. The molecule has 114 valence electrons. The molecule has 0 heterocycles. The molecule has 2 rings (SSSR count). The summed E-state index contributed by atoms with van der Waals surface area (Å²) in [6.07, 6.45) is 0. The second kappa shape index (κ2) is 7.41. The van der Waals surface area contributed by atoms with Crippen LogP contribution in [0.1, 0.15) is 53.0 Å². The summed E-state index contributed by atoms with van der Waals surface area (Å²) >= 11 is 1.49. The van der Waals surface area contributed by atoms with Crippen molar-refractivity contribution in [1.82, 2.24) is 0 Å². The summed E-state index contributed by atoms with van der Waals surface area (Å²) in [7, 11) is 0. The van der Waals surface area contributed by atoms with Gasteiger partial charge >= 0.3 is 0 Å². The minimum absolute atomic E-state index is 0.0536. The summed E-state index contributed by atoms with van der Waals surface area (Å²) in [5.74, 6) is 1.05. The maximum absolute atomic E-state index is 12.2. The monoisotopic (exact) mass is 312 g/mol. The SMILES string of the molecule is CC(=O)c1ccc(SCC(=O)c2ccc(C(C)C)cc2)cc1. The molecule has 0 atom stereocenters. The molecule has 0 unspecified atom stereocenters. The number of hydrogen-bond acceptors (Lipinski definition) is 3. The quantitative estimate of drug-likeness (QED) is 0.557. The number of rotatable bonds is 6. The molecule has 0 radical (unpaired) electrons. The molecule has 2 aromatic rings. The highest BCUT2D eigenvalue weighted by molar-refractivity contribution is 8.00. The van der Waals surface area contributed by atoms with Crippen molar-refractivity contribution in [3.63, 3.8) is 0 Å². The van der Waals surface area contributed by atoms with Crippen molar-refractivity contribution in [3.05, 3.63) is 65.2 Å². The van der Waals surface area contributed by atoms with Crippen LogP contribution in [0.3, 0.4) is 0 Å². The summed E-state index contributed by atoms with van der Waals surface area (Å²) < 4.78 is 0. The van der Waals surface area contributed by atoms with E-state index in [1.54, 1.807) is 19.1 Å². The van der Waals surface area contributed by atoms with Gasteiger partial charge in [0.1, 0.15) is 0 Å². The van der Waals surface area contributed by atoms with Crippen LogP contribution in [0, 0.1) is 0 Å². The van der Waals surface area contributed by atoms with E-state index in [0.29, 0.717) is 17.2 Å². The lowest BCUT2D eigenvalue weighted by Crippen LogP contribution is -2.02. The third-order valence-electron chi connectivity index (χ3n) is 3.53. The number of carbonyl (C=O) groups excluding carboxylic acids is 2. The largest absolute Gasteiger partial charge is 0.295 e. The van der Waals surface area contributed by atoms with Crippen molar-refractivity contribution in [2.24, 2.45) is 0 Å². The van der Waals surface area contributed by atoms with Crippen LogP contribution in [0.25, 0.3) is 0 Å². The van der Waals surface area contributed by atoms with E-state index in [0.717, 1.165) is 10.5 Å². The lowest BCUT2D eigenvalue weighted by molar-refractivity contribution is 0.101. The Labute approximate surface area is 135 Å². The summed E-state index contributed by atoms with van der Waals surface area (Å²) in [5.41, 5.74) is 2.68. The minimum atomic E-state index is 0.0536. The summed E-state index contributed by atoms with van der Waals surface area (Å²) in [6, 6.07) is 15.2. The highest BCUT2D eigenvalue weighted by Gasteiger charge is 2.08. The fourth-order valence-electron chi connectivity index (χ4n) is 2.07. The molecule has 2 aromatic carbocycles. The van der Waals surface area contributed by atoms with Gasteiger partial charge in [-0.15, -0.1) is 11.8 Å². The zero-order chi connectivity index (χ0) is 16.1. The van der Waals surface area contributed by atoms with Gasteiger partial charge in [0.25, 0.3) is 0 Å². The fraction of sp³-hybridized carbons (Fsp3) is 0.263. The number of thioether (sulfide) groups is 1. The zero-order valence-electron chi connectivity index (χ0n) is 13.1. The van der Waals surface area contributed by atoms with Gasteiger partial charge in [0, 0.05) is 16.0 Å². The highest BCUT2D eigenvalue weighted by atomic mass is 32.2. The predicted molar refractivity (Wildman–Crippen MR) is 92.0 cm³/mol. The lowest BCUT2D eigenvalue weighted by atomic mass is 10.0. The van der Waals surface area contributed by atoms with Crippen LogP contribution >= 0.6 is 11.8 Å². The first-order chi connectivity index (χ1) is 10.5. The minimum Gasteiger partial charge on any atom is -0.295 e. The van der Waals surface area contributed by atoms with Gasteiger partial charge in [0.05, 0.1) is 5.75 Å². The standard InChI is InChI=1S/C19H20O2S/c1-13(2)15-4-6-17(7-5-15)19(21)12-22-18-10-8-16(9-11-18)14(3)20/h4-11,13H,12H2,1-3H3. The Morgan fingerprint density at radius 3 is 1.95 bits per heavy atom. The molecule has 0 aromatic heterocycles. The molecule has 0 N–H and O–H groups in total. The number of ketones is 2. The highest BCUT2D eigenvalue weighted by Crippen LogP contribution is 2.21. The number of hydrogen-bond donors (Lipinski definition) is 0. The topological polar surface area (TPSA) is 34.1 Å². The van der Waals surface area contributed by atoms with Crippen molar-refractivity contribution in [2.75, 3.05) is 5.75 Å². The molecular weight excluding hydrogens is 292 g/mol. The Morgan fingerprint density at radius 1 is 0.909 bits per heavy atom. The van der Waals surface area contributed by atoms with Gasteiger partial charge in [0.2, 0.25) is 0 Å². The van der Waals surface area contributed by atoms with Gasteiger partial charge in [-0.1, -0.05) is 50.2 Å². The number of Topliss-reactive ketones (excluding diaryl/α,β-unsaturated/α-hetero) is 2. The summed E-state index contributed by atoms with van der Waals surface area (Å²) in [4.78, 5) is 24.4. The molecule has 3 heteroatoms. The van der Waals surface area contributed by atoms with Crippen molar-refractivity contribution in [1.29, 1.82) is 0 Å². The van der Waals surface area contributed by atoms with E-state index in [1.807, 2.05) is 36.4 Å². The van der Waals surface area contributed by atoms with E-state index in [4.69, 9.17) is 0 Å². The average molecular weight is 312 g/mol. The Kier molecular flexibility index (Phi) is 5.56. The molecule has 2 nitrogen and oxygen atoms in total. The molecule has 0 amide bonds. The van der Waals surface area contributed by atoms with Crippen LogP contribution in [0.15, 0.2) is 53.4 Å². The second-order valence-electron chi connectivity index (χ2n) is 5.57. The van der Waals surface area contributed by atoms with Gasteiger partial charge in [-0.25, -0.2) is 0 Å². The first-order valence-corrected chi connectivity index (χ1v) is 8.33. The normalized spacial score (nSPS) is 10.7. The molecule has 0 aliphatic heterocycles. The van der Waals surface area contributed by atoms with E-state index in [2.05, 4.69) is 13.8 Å². The van der Waals surface area contributed by atoms with Crippen LogP contribution < -0.4 is 0 Å². The van der Waals surface area contributed by atoms with E-state index >= 15 is 0 Å². The van der Waals surface area contributed by atoms with Gasteiger partial charge < -0.3 is 0 Å². The Morgan fingerprint density at radius 2 is 1.45 bits per heavy atom. The molecule has 0 saturated carbocycles. The fourth-order valence-corrected chi connectivity index (χ4v) is 2.86. The van der Waals surface area contributed by atoms with Gasteiger partial charge in [0.15, 0.2) is 11.6 Å².